The van der Waals surface area contributed by atoms with E-state index in [0.29, 0.717) is 24.4 Å². The molecule has 10 heteroatoms. The number of hydrogen-bond donors (Lipinski definition) is 2. The third-order valence-corrected chi connectivity index (χ3v) is 5.39. The van der Waals surface area contributed by atoms with E-state index in [2.05, 4.69) is 10.3 Å². The number of nitrogens with zero attached hydrogens (tertiary/aromatic N) is 2. The second kappa shape index (κ2) is 9.52. The van der Waals surface area contributed by atoms with E-state index in [4.69, 9.17) is 10.5 Å². The van der Waals surface area contributed by atoms with E-state index in [1.807, 2.05) is 0 Å². The van der Waals surface area contributed by atoms with Crippen LogP contribution >= 0.6 is 0 Å². The molecule has 0 spiro atoms. The molecule has 4 rings (SSSR count). The highest BCUT2D eigenvalue weighted by atomic mass is 19.4. The molecule has 34 heavy (non-hydrogen) atoms. The Balaban J connectivity index is 1.50. The molecule has 7 nitrogen and oxygen atoms in total. The predicted molar refractivity (Wildman–Crippen MR) is 118 cm³/mol. The fraction of sp³-hybridized carbons (Fsp3) is 0.208. The first-order valence-corrected chi connectivity index (χ1v) is 10.5. The van der Waals surface area contributed by atoms with E-state index in [1.165, 1.54) is 18.3 Å². The lowest BCUT2D eigenvalue weighted by Gasteiger charge is -2.27. The Morgan fingerprint density at radius 1 is 1.00 bits per heavy atom. The van der Waals surface area contributed by atoms with Crippen molar-refractivity contribution in [3.63, 3.8) is 0 Å². The molecule has 1 aromatic heterocycles. The van der Waals surface area contributed by atoms with Gasteiger partial charge >= 0.3 is 6.18 Å². The summed E-state index contributed by atoms with van der Waals surface area (Å²) < 4.78 is 45.1. The minimum Gasteiger partial charge on any atom is -0.439 e. The number of amides is 2. The normalized spacial score (nSPS) is 14.0. The summed E-state index contributed by atoms with van der Waals surface area (Å²) in [6, 6.07) is 12.3. The van der Waals surface area contributed by atoms with Gasteiger partial charge in [-0.05, 0) is 54.1 Å². The van der Waals surface area contributed by atoms with E-state index in [9.17, 15) is 22.8 Å². The van der Waals surface area contributed by atoms with Crippen LogP contribution in [-0.2, 0) is 6.18 Å². The molecule has 2 amide bonds. The molecule has 176 valence electrons. The van der Waals surface area contributed by atoms with Gasteiger partial charge in [0.2, 0.25) is 11.8 Å². The Kier molecular flexibility index (Phi) is 6.51. The van der Waals surface area contributed by atoms with Gasteiger partial charge in [0.05, 0.1) is 5.56 Å². The number of nitrogens with one attached hydrogen (secondary N) is 1. The van der Waals surface area contributed by atoms with Gasteiger partial charge in [0, 0.05) is 55.1 Å². The van der Waals surface area contributed by atoms with Crippen LogP contribution in [0.2, 0.25) is 0 Å². The highest BCUT2D eigenvalue weighted by Gasteiger charge is 2.31. The number of carbonyl (C=O) groups is 2. The molecule has 2 aromatic carbocycles. The van der Waals surface area contributed by atoms with Crippen molar-refractivity contribution in [1.29, 1.82) is 0 Å². The van der Waals surface area contributed by atoms with Crippen LogP contribution in [0, 0.1) is 0 Å². The average Bonchev–Trinajstić information content (AvgIpc) is 2.84. The molecule has 1 aliphatic heterocycles. The smallest absolute Gasteiger partial charge is 0.416 e. The summed E-state index contributed by atoms with van der Waals surface area (Å²) in [5, 5.41) is 3.20. The fourth-order valence-corrected chi connectivity index (χ4v) is 3.61. The second-order valence-electron chi connectivity index (χ2n) is 7.68. The summed E-state index contributed by atoms with van der Waals surface area (Å²) in [7, 11) is 0. The maximum absolute atomic E-state index is 13.1. The van der Waals surface area contributed by atoms with Crippen molar-refractivity contribution < 1.29 is 27.5 Å². The number of benzene rings is 2. The number of pyridine rings is 1. The number of ether oxygens (including phenoxy) is 1. The Labute approximate surface area is 193 Å². The van der Waals surface area contributed by atoms with Crippen molar-refractivity contribution in [2.45, 2.75) is 6.18 Å². The fourth-order valence-electron chi connectivity index (χ4n) is 3.61. The van der Waals surface area contributed by atoms with Crippen molar-refractivity contribution >= 4 is 11.8 Å². The zero-order valence-corrected chi connectivity index (χ0v) is 17.9. The predicted octanol–water partition coefficient (Wildman–Crippen LogP) is 3.70. The summed E-state index contributed by atoms with van der Waals surface area (Å²) in [5.74, 6) is -0.270. The van der Waals surface area contributed by atoms with E-state index in [1.54, 1.807) is 29.2 Å². The maximum Gasteiger partial charge on any atom is 0.416 e. The van der Waals surface area contributed by atoms with Gasteiger partial charge in [-0.1, -0.05) is 0 Å². The lowest BCUT2D eigenvalue weighted by molar-refractivity contribution is -0.137. The summed E-state index contributed by atoms with van der Waals surface area (Å²) in [5.41, 5.74) is 5.23. The minimum atomic E-state index is -4.57. The van der Waals surface area contributed by atoms with Crippen LogP contribution in [0.15, 0.2) is 60.8 Å². The number of primary amides is 1. The standard InChI is InChI=1S/C24H21F3N4O3/c25-24(26,27)17-4-7-19(22(28)32)20(13-17)16-3-8-21(30-14-16)34-18-5-1-15(2-6-18)23(33)31-11-9-29-10-12-31/h1-8,13-14,29H,9-12H2,(H2,28,32). The third kappa shape index (κ3) is 5.18. The van der Waals surface area contributed by atoms with Crippen molar-refractivity contribution in [1.82, 2.24) is 15.2 Å². The first-order chi connectivity index (χ1) is 16.2. The molecule has 0 bridgehead atoms. The highest BCUT2D eigenvalue weighted by Crippen LogP contribution is 2.34. The zero-order valence-electron chi connectivity index (χ0n) is 17.9. The van der Waals surface area contributed by atoms with E-state index in [-0.39, 0.29) is 28.5 Å². The number of rotatable bonds is 5. The topological polar surface area (TPSA) is 97.6 Å². The Morgan fingerprint density at radius 2 is 1.71 bits per heavy atom. The number of aromatic nitrogens is 1. The molecule has 0 radical (unpaired) electrons. The number of nitrogens with two attached hydrogens (primary N) is 1. The van der Waals surface area contributed by atoms with Gasteiger partial charge in [-0.2, -0.15) is 13.2 Å². The molecule has 3 aromatic rings. The molecule has 1 fully saturated rings. The van der Waals surface area contributed by atoms with Crippen molar-refractivity contribution in [3.05, 3.63) is 77.5 Å². The Hall–Kier alpha value is -3.92. The molecule has 0 atom stereocenters. The summed E-state index contributed by atoms with van der Waals surface area (Å²) in [6.07, 6.45) is -3.26. The monoisotopic (exact) mass is 470 g/mol. The average molecular weight is 470 g/mol. The zero-order chi connectivity index (χ0) is 24.3. The Morgan fingerprint density at radius 3 is 2.29 bits per heavy atom. The van der Waals surface area contributed by atoms with Crippen molar-refractivity contribution in [2.24, 2.45) is 5.73 Å². The summed E-state index contributed by atoms with van der Waals surface area (Å²) in [6.45, 7) is 2.82. The Bertz CT molecular complexity index is 1190. The first-order valence-electron chi connectivity index (χ1n) is 10.5. The van der Waals surface area contributed by atoms with Crippen molar-refractivity contribution in [3.8, 4) is 22.8 Å². The van der Waals surface area contributed by atoms with Crippen LogP contribution in [0.1, 0.15) is 26.3 Å². The van der Waals surface area contributed by atoms with Crippen LogP contribution in [0.3, 0.4) is 0 Å². The van der Waals surface area contributed by atoms with Gasteiger partial charge in [-0.15, -0.1) is 0 Å². The number of carbonyl (C=O) groups excluding carboxylic acids is 2. The SMILES string of the molecule is NC(=O)c1ccc(C(F)(F)F)cc1-c1ccc(Oc2ccc(C(=O)N3CCNCC3)cc2)nc1. The van der Waals surface area contributed by atoms with Gasteiger partial charge in [0.25, 0.3) is 5.91 Å². The van der Waals surface area contributed by atoms with Crippen LogP contribution in [-0.4, -0.2) is 47.9 Å². The number of hydrogen-bond acceptors (Lipinski definition) is 5. The third-order valence-electron chi connectivity index (χ3n) is 5.39. The van der Waals surface area contributed by atoms with Crippen LogP contribution in [0.5, 0.6) is 11.6 Å². The summed E-state index contributed by atoms with van der Waals surface area (Å²) in [4.78, 5) is 30.2. The van der Waals surface area contributed by atoms with Crippen molar-refractivity contribution in [2.75, 3.05) is 26.2 Å². The molecular weight excluding hydrogens is 449 g/mol. The molecule has 0 aliphatic carbocycles. The van der Waals surface area contributed by atoms with E-state index in [0.717, 1.165) is 31.3 Å². The molecule has 2 heterocycles. The number of alkyl halides is 3. The molecule has 1 saturated heterocycles. The highest BCUT2D eigenvalue weighted by molar-refractivity contribution is 6.00. The quantitative estimate of drug-likeness (QED) is 0.593. The lowest BCUT2D eigenvalue weighted by atomic mass is 9.98. The van der Waals surface area contributed by atoms with Gasteiger partial charge < -0.3 is 20.7 Å². The van der Waals surface area contributed by atoms with E-state index < -0.39 is 17.6 Å². The first kappa shape index (κ1) is 23.2. The van der Waals surface area contributed by atoms with Gasteiger partial charge in [0.1, 0.15) is 5.75 Å². The number of halogens is 3. The summed E-state index contributed by atoms with van der Waals surface area (Å²) >= 11 is 0. The number of piperazine rings is 1. The van der Waals surface area contributed by atoms with Crippen LogP contribution in [0.4, 0.5) is 13.2 Å². The lowest BCUT2D eigenvalue weighted by Crippen LogP contribution is -2.46. The van der Waals surface area contributed by atoms with Gasteiger partial charge in [-0.3, -0.25) is 9.59 Å². The second-order valence-corrected chi connectivity index (χ2v) is 7.68. The van der Waals surface area contributed by atoms with Gasteiger partial charge in [-0.25, -0.2) is 4.98 Å². The molecule has 0 unspecified atom stereocenters. The largest absolute Gasteiger partial charge is 0.439 e. The van der Waals surface area contributed by atoms with Crippen LogP contribution in [0.25, 0.3) is 11.1 Å². The molecular formula is C24H21F3N4O3. The molecule has 1 aliphatic rings. The minimum absolute atomic E-state index is 0.0251. The maximum atomic E-state index is 13.1. The van der Waals surface area contributed by atoms with Crippen LogP contribution < -0.4 is 15.8 Å². The van der Waals surface area contributed by atoms with E-state index >= 15 is 0 Å². The molecule has 3 N–H and O–H groups in total. The molecule has 0 saturated carbocycles. The van der Waals surface area contributed by atoms with Gasteiger partial charge in [0.15, 0.2) is 0 Å².